The van der Waals surface area contributed by atoms with E-state index in [4.69, 9.17) is 29.7 Å². The van der Waals surface area contributed by atoms with Gasteiger partial charge in [0.05, 0.1) is 31.2 Å². The Morgan fingerprint density at radius 1 is 1.54 bits per heavy atom. The highest BCUT2D eigenvalue weighted by atomic mass is 31.2. The summed E-state index contributed by atoms with van der Waals surface area (Å²) in [6, 6.07) is 1.16. The molecular weight excluding hydrogens is 333 g/mol. The Balaban J connectivity index is 0.00000194. The Bertz CT molecular complexity index is 416. The van der Waals surface area contributed by atoms with Crippen molar-refractivity contribution in [2.24, 2.45) is 0 Å². The summed E-state index contributed by atoms with van der Waals surface area (Å²) in [5.41, 5.74) is 0. The Morgan fingerprint density at radius 2 is 2.12 bits per heavy atom. The van der Waals surface area contributed by atoms with Crippen molar-refractivity contribution < 1.29 is 24.7 Å². The largest absolute Gasteiger partial charge is 0.400 e. The summed E-state index contributed by atoms with van der Waals surface area (Å²) in [5, 5.41) is 12.2. The molecule has 1 heterocycles. The minimum absolute atomic E-state index is 0.117. The topological polar surface area (TPSA) is 75.0 Å². The maximum Gasteiger partial charge on any atom is 0.259 e. The quantitative estimate of drug-likeness (QED) is 0.405. The van der Waals surface area contributed by atoms with E-state index in [9.17, 15) is 4.39 Å². The highest BCUT2D eigenvalue weighted by Crippen LogP contribution is 2.49. The molecule has 0 bridgehead atoms. The van der Waals surface area contributed by atoms with Crippen molar-refractivity contribution in [3.63, 3.8) is 0 Å². The number of rotatable bonds is 8. The zero-order valence-corrected chi connectivity index (χ0v) is 15.9. The first kappa shape index (κ1) is 20.0. The summed E-state index contributed by atoms with van der Waals surface area (Å²) in [4.78, 5) is 0. The highest BCUT2D eigenvalue weighted by Gasteiger charge is 2.44. The number of aliphatic hydroxyl groups excluding tert-OH is 1. The molecule has 9 heteroatoms. The number of ether oxygens (including phenoxy) is 1. The standard InChI is InChI=1S/C14H25BFN2O3P.CH4O/c1-9(2)18(10(3)4)22(19-8-6-7-17)21-13-11(5)20-14(15)12(13)16;1-2/h9-14H,6,8H2,1-5H3;2H,1H3/i5D;2T. The van der Waals surface area contributed by atoms with Crippen LogP contribution in [0.15, 0.2) is 0 Å². The monoisotopic (exact) mass is 365 g/mol. The lowest BCUT2D eigenvalue weighted by Gasteiger charge is -2.37. The second-order valence-electron chi connectivity index (χ2n) is 5.70. The van der Waals surface area contributed by atoms with E-state index >= 15 is 0 Å². The molecule has 1 aliphatic heterocycles. The fraction of sp³-hybridized carbons (Fsp3) is 0.933. The molecule has 0 aliphatic carbocycles. The molecule has 1 rings (SSSR count). The van der Waals surface area contributed by atoms with Crippen LogP contribution in [0.5, 0.6) is 0 Å². The predicted molar refractivity (Wildman–Crippen MR) is 93.2 cm³/mol. The third kappa shape index (κ3) is 6.91. The molecule has 24 heavy (non-hydrogen) atoms. The number of alkyl halides is 1. The highest BCUT2D eigenvalue weighted by molar-refractivity contribution is 7.44. The van der Waals surface area contributed by atoms with E-state index in [1.165, 1.54) is 7.11 Å². The van der Waals surface area contributed by atoms with Gasteiger partial charge in [-0.3, -0.25) is 0 Å². The van der Waals surface area contributed by atoms with Gasteiger partial charge in [0.1, 0.15) is 20.1 Å². The maximum atomic E-state index is 14.3. The van der Waals surface area contributed by atoms with Crippen LogP contribution in [0.3, 0.4) is 0 Å². The summed E-state index contributed by atoms with van der Waals surface area (Å²) >= 11 is 0. The second kappa shape index (κ2) is 12.1. The molecule has 0 aromatic carbocycles. The molecule has 1 fully saturated rings. The van der Waals surface area contributed by atoms with Crippen LogP contribution in [-0.2, 0) is 13.8 Å². The number of nitrogens with zero attached hydrogens (tertiary/aromatic N) is 2. The van der Waals surface area contributed by atoms with Gasteiger partial charge in [0.25, 0.3) is 8.53 Å². The van der Waals surface area contributed by atoms with Gasteiger partial charge < -0.3 is 18.9 Å². The summed E-state index contributed by atoms with van der Waals surface area (Å²) < 4.78 is 46.3. The molecule has 2 radical (unpaired) electrons. The first-order valence-corrected chi connectivity index (χ1v) is 8.96. The predicted octanol–water partition coefficient (Wildman–Crippen LogP) is 2.51. The minimum atomic E-state index is -1.58. The molecule has 1 saturated heterocycles. The van der Waals surface area contributed by atoms with Crippen LogP contribution < -0.4 is 0 Å². The van der Waals surface area contributed by atoms with E-state index in [1.807, 2.05) is 38.4 Å². The summed E-state index contributed by atoms with van der Waals surface area (Å²) in [7, 11) is 5.29. The van der Waals surface area contributed by atoms with E-state index in [-0.39, 0.29) is 32.0 Å². The molecule has 0 saturated carbocycles. The molecule has 0 aromatic rings. The van der Waals surface area contributed by atoms with E-state index in [2.05, 4.69) is 5.11 Å². The van der Waals surface area contributed by atoms with Crippen molar-refractivity contribution in [2.75, 3.05) is 13.7 Å². The van der Waals surface area contributed by atoms with Gasteiger partial charge in [-0.25, -0.2) is 9.06 Å². The minimum Gasteiger partial charge on any atom is -0.400 e. The molecule has 5 unspecified atom stereocenters. The lowest BCUT2D eigenvalue weighted by molar-refractivity contribution is 0.0433. The SMILES string of the molecule is [2H]CC1OC([B])C(F)C1OP(OCCC#N)N(C(C)C)C(C)C.[3H]OC. The van der Waals surface area contributed by atoms with Crippen LogP contribution in [-0.4, -0.2) is 69.2 Å². The van der Waals surface area contributed by atoms with E-state index < -0.39 is 32.9 Å². The van der Waals surface area contributed by atoms with Crippen LogP contribution in [0.4, 0.5) is 4.39 Å². The van der Waals surface area contributed by atoms with Crippen molar-refractivity contribution in [3.8, 4) is 6.07 Å². The van der Waals surface area contributed by atoms with Gasteiger partial charge in [-0.05, 0) is 34.6 Å². The third-order valence-electron chi connectivity index (χ3n) is 3.20. The second-order valence-corrected chi connectivity index (χ2v) is 7.11. The van der Waals surface area contributed by atoms with Crippen LogP contribution in [0.25, 0.3) is 0 Å². The molecule has 0 aromatic heterocycles. The molecule has 0 spiro atoms. The van der Waals surface area contributed by atoms with E-state index in [0.29, 0.717) is 0 Å². The first-order chi connectivity index (χ1) is 12.2. The fourth-order valence-corrected chi connectivity index (χ4v) is 4.04. The average Bonchev–Trinajstić information content (AvgIpc) is 2.82. The molecular formula is C15H29BFN2O4P. The lowest BCUT2D eigenvalue weighted by Crippen LogP contribution is -2.37. The zero-order chi connectivity index (χ0) is 20.3. The number of hydrogen-bond donors (Lipinski definition) is 1. The lowest BCUT2D eigenvalue weighted by atomic mass is 9.94. The smallest absolute Gasteiger partial charge is 0.259 e. The van der Waals surface area contributed by atoms with Gasteiger partial charge in [-0.15, -0.1) is 0 Å². The van der Waals surface area contributed by atoms with Gasteiger partial charge in [0, 0.05) is 20.6 Å². The first-order valence-electron chi connectivity index (χ1n) is 8.95. The Labute approximate surface area is 150 Å². The Kier molecular flexibility index (Phi) is 10.1. The molecule has 5 atom stereocenters. The average molecular weight is 365 g/mol. The number of hydrogen-bond acceptors (Lipinski definition) is 6. The van der Waals surface area contributed by atoms with Gasteiger partial charge in [0.2, 0.25) is 1.43 Å². The van der Waals surface area contributed by atoms with Gasteiger partial charge >= 0.3 is 0 Å². The number of aliphatic hydroxyl groups is 1. The van der Waals surface area contributed by atoms with Crippen molar-refractivity contribution in [1.82, 2.24) is 4.67 Å². The van der Waals surface area contributed by atoms with Crippen LogP contribution in [0.1, 0.15) is 42.4 Å². The van der Waals surface area contributed by atoms with Crippen molar-refractivity contribution in [3.05, 3.63) is 0 Å². The number of halogens is 1. The zero-order valence-electron chi connectivity index (χ0n) is 17.0. The van der Waals surface area contributed by atoms with E-state index in [1.54, 1.807) is 0 Å². The Hall–Kier alpha value is -0.285. The van der Waals surface area contributed by atoms with Gasteiger partial charge in [0.15, 0.2) is 0 Å². The number of nitriles is 1. The third-order valence-corrected chi connectivity index (χ3v) is 5.33. The molecule has 138 valence electrons. The maximum absolute atomic E-state index is 14.3. The summed E-state index contributed by atoms with van der Waals surface area (Å²) in [6.45, 7) is 8.07. The molecule has 6 nitrogen and oxygen atoms in total. The van der Waals surface area contributed by atoms with E-state index in [0.717, 1.165) is 0 Å². The normalized spacial score (nSPS) is 29.0. The van der Waals surface area contributed by atoms with Crippen molar-refractivity contribution in [2.45, 2.75) is 77.5 Å². The molecule has 1 aliphatic rings. The molecule has 1 N–H and O–H groups in total. The Morgan fingerprint density at radius 3 is 2.58 bits per heavy atom. The van der Waals surface area contributed by atoms with Gasteiger partial charge in [-0.1, -0.05) is 0 Å². The van der Waals surface area contributed by atoms with Crippen molar-refractivity contribution >= 4 is 16.4 Å². The van der Waals surface area contributed by atoms with Crippen LogP contribution in [0, 0.1) is 11.3 Å². The van der Waals surface area contributed by atoms with Crippen molar-refractivity contribution in [1.29, 1.82) is 6.69 Å². The van der Waals surface area contributed by atoms with Crippen LogP contribution in [0.2, 0.25) is 0 Å². The molecule has 0 amide bonds. The van der Waals surface area contributed by atoms with Gasteiger partial charge in [-0.2, -0.15) is 5.26 Å². The fourth-order valence-electron chi connectivity index (χ4n) is 2.27. The van der Waals surface area contributed by atoms with Crippen LogP contribution >= 0.6 is 8.53 Å². The summed E-state index contributed by atoms with van der Waals surface area (Å²) in [6.07, 6.45) is -2.93. The summed E-state index contributed by atoms with van der Waals surface area (Å²) in [5.74, 6) is 0.